The minimum Gasteiger partial charge on any atom is -0.546 e. The Hall–Kier alpha value is -1.25. The predicted molar refractivity (Wildman–Crippen MR) is 95.5 cm³/mol. The molecule has 1 aromatic carbocycles. The first kappa shape index (κ1) is 23.8. The number of hydrogen-bond donors (Lipinski definition) is 1. The Kier molecular flexibility index (Phi) is 11.5. The second kappa shape index (κ2) is 13.0. The van der Waals surface area contributed by atoms with Crippen molar-refractivity contribution in [3.05, 3.63) is 59.9 Å². The van der Waals surface area contributed by atoms with Crippen LogP contribution in [0.3, 0.4) is 0 Å². The molecule has 1 amide bonds. The van der Waals surface area contributed by atoms with Crippen LogP contribution in [0.5, 0.6) is 5.75 Å². The van der Waals surface area contributed by atoms with Gasteiger partial charge in [-0.3, -0.25) is 9.78 Å². The molecular formula is C20H23KN2O4. The largest absolute Gasteiger partial charge is 1.00 e. The Labute approximate surface area is 202 Å². The van der Waals surface area contributed by atoms with E-state index in [1.807, 2.05) is 37.3 Å². The molecule has 0 radical (unpaired) electrons. The van der Waals surface area contributed by atoms with Crippen LogP contribution in [0.15, 0.2) is 48.7 Å². The van der Waals surface area contributed by atoms with Gasteiger partial charge in [-0.15, -0.1) is 0 Å². The van der Waals surface area contributed by atoms with E-state index in [0.29, 0.717) is 18.7 Å². The third-order valence-electron chi connectivity index (χ3n) is 3.93. The molecule has 27 heavy (non-hydrogen) atoms. The van der Waals surface area contributed by atoms with Crippen molar-refractivity contribution in [3.63, 3.8) is 0 Å². The van der Waals surface area contributed by atoms with Crippen molar-refractivity contribution in [2.45, 2.75) is 32.1 Å². The van der Waals surface area contributed by atoms with Crippen LogP contribution in [0.25, 0.3) is 0 Å². The Bertz CT molecular complexity index is 708. The molecule has 0 aliphatic carbocycles. The van der Waals surface area contributed by atoms with Crippen LogP contribution in [-0.2, 0) is 16.0 Å². The van der Waals surface area contributed by atoms with E-state index < -0.39 is 12.6 Å². The van der Waals surface area contributed by atoms with Crippen LogP contribution in [-0.4, -0.2) is 30.0 Å². The number of benzene rings is 1. The van der Waals surface area contributed by atoms with Crippen molar-refractivity contribution in [3.8, 4) is 5.75 Å². The molecule has 0 aliphatic heterocycles. The number of nitrogens with zero attached hydrogens (tertiary/aromatic N) is 1. The Balaban J connectivity index is 0.00000364. The Morgan fingerprint density at radius 2 is 1.93 bits per heavy atom. The number of amides is 1. The Morgan fingerprint density at radius 1 is 1.19 bits per heavy atom. The molecule has 2 rings (SSSR count). The zero-order chi connectivity index (χ0) is 18.8. The fourth-order valence-corrected chi connectivity index (χ4v) is 2.63. The number of hydrogen-bond acceptors (Lipinski definition) is 5. The van der Waals surface area contributed by atoms with Crippen molar-refractivity contribution in [2.75, 3.05) is 13.2 Å². The molecule has 1 N–H and O–H groups in total. The number of carbonyl (C=O) groups is 2. The average molecular weight is 395 g/mol. The first-order chi connectivity index (χ1) is 12.6. The number of rotatable bonds is 10. The summed E-state index contributed by atoms with van der Waals surface area (Å²) >= 11 is 0. The summed E-state index contributed by atoms with van der Waals surface area (Å²) in [5, 5.41) is 13.3. The fourth-order valence-electron chi connectivity index (χ4n) is 2.63. The van der Waals surface area contributed by atoms with Crippen LogP contribution in [0.4, 0.5) is 0 Å². The van der Waals surface area contributed by atoms with Crippen LogP contribution < -0.4 is 66.5 Å². The average Bonchev–Trinajstić information content (AvgIpc) is 2.66. The van der Waals surface area contributed by atoms with Crippen molar-refractivity contribution >= 4 is 11.9 Å². The number of pyridine rings is 1. The van der Waals surface area contributed by atoms with Gasteiger partial charge in [0.25, 0.3) is 0 Å². The molecule has 0 bridgehead atoms. The summed E-state index contributed by atoms with van der Waals surface area (Å²) in [6.45, 7) is 2.10. The summed E-state index contributed by atoms with van der Waals surface area (Å²) < 4.78 is 5.03. The van der Waals surface area contributed by atoms with Gasteiger partial charge in [-0.25, -0.2) is 0 Å². The maximum Gasteiger partial charge on any atom is 1.00 e. The number of carboxylic acid groups (broad SMARTS) is 1. The molecule has 7 heteroatoms. The second-order valence-corrected chi connectivity index (χ2v) is 5.94. The van der Waals surface area contributed by atoms with Gasteiger partial charge in [0.05, 0.1) is 17.6 Å². The molecule has 1 heterocycles. The number of carbonyl (C=O) groups excluding carboxylic acids is 2. The summed E-state index contributed by atoms with van der Waals surface area (Å²) in [6.07, 6.45) is 4.04. The SMILES string of the molecule is CCCC(C(=O)NCCc1ccc(OCC(=O)[O-])cc1)c1ccccn1.[K+]. The summed E-state index contributed by atoms with van der Waals surface area (Å²) in [4.78, 5) is 27.2. The molecule has 1 atom stereocenters. The van der Waals surface area contributed by atoms with Gasteiger partial charge in [-0.2, -0.15) is 0 Å². The first-order valence-corrected chi connectivity index (χ1v) is 8.70. The summed E-state index contributed by atoms with van der Waals surface area (Å²) in [7, 11) is 0. The van der Waals surface area contributed by atoms with Crippen LogP contribution >= 0.6 is 0 Å². The normalized spacial score (nSPS) is 11.1. The van der Waals surface area contributed by atoms with Gasteiger partial charge in [0.2, 0.25) is 5.91 Å². The van der Waals surface area contributed by atoms with Gasteiger partial charge < -0.3 is 20.0 Å². The zero-order valence-electron chi connectivity index (χ0n) is 15.8. The predicted octanol–water partition coefficient (Wildman–Crippen LogP) is -1.54. The van der Waals surface area contributed by atoms with Crippen molar-refractivity contribution in [1.82, 2.24) is 10.3 Å². The van der Waals surface area contributed by atoms with E-state index in [-0.39, 0.29) is 63.2 Å². The topological polar surface area (TPSA) is 91.3 Å². The quantitative estimate of drug-likeness (QED) is 0.493. The molecule has 138 valence electrons. The maximum atomic E-state index is 12.5. The second-order valence-electron chi connectivity index (χ2n) is 5.94. The van der Waals surface area contributed by atoms with Gasteiger partial charge in [0.1, 0.15) is 12.4 Å². The van der Waals surface area contributed by atoms with E-state index in [1.54, 1.807) is 18.3 Å². The van der Waals surface area contributed by atoms with E-state index in [9.17, 15) is 14.7 Å². The van der Waals surface area contributed by atoms with Crippen LogP contribution in [0.1, 0.15) is 36.9 Å². The van der Waals surface area contributed by atoms with Gasteiger partial charge >= 0.3 is 51.4 Å². The molecule has 6 nitrogen and oxygen atoms in total. The van der Waals surface area contributed by atoms with Crippen LogP contribution in [0.2, 0.25) is 0 Å². The van der Waals surface area contributed by atoms with Gasteiger partial charge in [0.15, 0.2) is 0 Å². The molecule has 1 aromatic heterocycles. The van der Waals surface area contributed by atoms with E-state index in [4.69, 9.17) is 4.74 Å². The van der Waals surface area contributed by atoms with Crippen molar-refractivity contribution in [2.24, 2.45) is 0 Å². The number of nitrogens with one attached hydrogen (secondary N) is 1. The van der Waals surface area contributed by atoms with E-state index in [1.165, 1.54) is 0 Å². The van der Waals surface area contributed by atoms with Crippen molar-refractivity contribution in [1.29, 1.82) is 0 Å². The smallest absolute Gasteiger partial charge is 0.546 e. The van der Waals surface area contributed by atoms with Gasteiger partial charge in [-0.05, 0) is 42.7 Å². The molecule has 2 aromatic rings. The van der Waals surface area contributed by atoms with E-state index >= 15 is 0 Å². The summed E-state index contributed by atoms with van der Waals surface area (Å²) in [5.74, 6) is -1.03. The van der Waals surface area contributed by atoms with Gasteiger partial charge in [0, 0.05) is 12.7 Å². The monoisotopic (exact) mass is 394 g/mol. The third kappa shape index (κ3) is 8.53. The number of carboxylic acids is 1. The molecular weight excluding hydrogens is 371 g/mol. The van der Waals surface area contributed by atoms with Gasteiger partial charge in [-0.1, -0.05) is 31.5 Å². The molecule has 1 unspecified atom stereocenters. The molecule has 0 fully saturated rings. The van der Waals surface area contributed by atoms with Crippen LogP contribution in [0, 0.1) is 0 Å². The number of aromatic nitrogens is 1. The zero-order valence-corrected chi connectivity index (χ0v) is 18.9. The molecule has 0 spiro atoms. The third-order valence-corrected chi connectivity index (χ3v) is 3.93. The minimum absolute atomic E-state index is 0. The first-order valence-electron chi connectivity index (χ1n) is 8.70. The molecule has 0 saturated heterocycles. The summed E-state index contributed by atoms with van der Waals surface area (Å²) in [6, 6.07) is 12.7. The summed E-state index contributed by atoms with van der Waals surface area (Å²) in [5.41, 5.74) is 1.82. The van der Waals surface area contributed by atoms with Crippen molar-refractivity contribution < 1.29 is 70.8 Å². The molecule has 0 aliphatic rings. The van der Waals surface area contributed by atoms with E-state index in [0.717, 1.165) is 24.1 Å². The molecule has 0 saturated carbocycles. The van der Waals surface area contributed by atoms with E-state index in [2.05, 4.69) is 10.3 Å². The Morgan fingerprint density at radius 3 is 2.52 bits per heavy atom. The maximum absolute atomic E-state index is 12.5. The standard InChI is InChI=1S/C20H24N2O4.K/c1-2-5-17(18-6-3-4-12-21-18)20(25)22-13-11-15-7-9-16(10-8-15)26-14-19(23)24;/h3-4,6-10,12,17H,2,5,11,13-14H2,1H3,(H,22,25)(H,23,24);/q;+1/p-1. The number of aliphatic carboxylic acids is 1. The number of ether oxygens (including phenoxy) is 1. The minimum atomic E-state index is -1.26. The fraction of sp³-hybridized carbons (Fsp3) is 0.350.